The summed E-state index contributed by atoms with van der Waals surface area (Å²) in [6.45, 7) is 1.97. The zero-order valence-corrected chi connectivity index (χ0v) is 12.4. The monoisotopic (exact) mass is 317 g/mol. The summed E-state index contributed by atoms with van der Waals surface area (Å²) in [4.78, 5) is 40.3. The van der Waals surface area contributed by atoms with Gasteiger partial charge in [0.2, 0.25) is 0 Å². The van der Waals surface area contributed by atoms with Crippen LogP contribution in [0.5, 0.6) is 0 Å². The van der Waals surface area contributed by atoms with Gasteiger partial charge in [-0.2, -0.15) is 0 Å². The van der Waals surface area contributed by atoms with Crippen LogP contribution in [0, 0.1) is 6.92 Å². The first kappa shape index (κ1) is 15.2. The molecule has 1 aliphatic rings. The molecule has 2 aromatic heterocycles. The van der Waals surface area contributed by atoms with Crippen molar-refractivity contribution in [3.05, 3.63) is 46.0 Å². The second kappa shape index (κ2) is 5.47. The van der Waals surface area contributed by atoms with Crippen LogP contribution >= 0.6 is 0 Å². The number of carbonyl (C=O) groups excluding carboxylic acids is 1. The van der Waals surface area contributed by atoms with Gasteiger partial charge in [0, 0.05) is 25.4 Å². The minimum absolute atomic E-state index is 0.129. The summed E-state index contributed by atoms with van der Waals surface area (Å²) in [5, 5.41) is 11.7. The van der Waals surface area contributed by atoms with Crippen molar-refractivity contribution in [3.8, 4) is 0 Å². The minimum Gasteiger partial charge on any atom is -0.479 e. The lowest BCUT2D eigenvalue weighted by Crippen LogP contribution is -2.55. The van der Waals surface area contributed by atoms with Crippen molar-refractivity contribution < 1.29 is 19.4 Å². The van der Waals surface area contributed by atoms with E-state index in [0.29, 0.717) is 5.65 Å². The lowest BCUT2D eigenvalue weighted by Gasteiger charge is -2.23. The average molecular weight is 317 g/mol. The van der Waals surface area contributed by atoms with Gasteiger partial charge in [0.05, 0.1) is 6.61 Å². The van der Waals surface area contributed by atoms with Crippen LogP contribution in [-0.2, 0) is 9.53 Å². The highest BCUT2D eigenvalue weighted by Gasteiger charge is 2.44. The topological polar surface area (TPSA) is 110 Å². The van der Waals surface area contributed by atoms with Crippen LogP contribution in [0.15, 0.2) is 29.3 Å². The molecule has 23 heavy (non-hydrogen) atoms. The summed E-state index contributed by atoms with van der Waals surface area (Å²) in [5.74, 6) is -1.96. The van der Waals surface area contributed by atoms with Gasteiger partial charge in [-0.15, -0.1) is 0 Å². The Labute approximate surface area is 130 Å². The predicted octanol–water partition coefficient (Wildman–Crippen LogP) is -0.0236. The van der Waals surface area contributed by atoms with Crippen LogP contribution in [0.2, 0.25) is 0 Å². The summed E-state index contributed by atoms with van der Waals surface area (Å²) < 4.78 is 6.33. The van der Waals surface area contributed by atoms with Gasteiger partial charge in [-0.05, 0) is 24.6 Å². The Morgan fingerprint density at radius 1 is 1.48 bits per heavy atom. The van der Waals surface area contributed by atoms with Gasteiger partial charge < -0.3 is 15.2 Å². The number of nitrogens with one attached hydrogen (secondary N) is 1. The average Bonchev–Trinajstić information content (AvgIpc) is 2.97. The number of carboxylic acid groups (broad SMARTS) is 1. The van der Waals surface area contributed by atoms with Crippen molar-refractivity contribution in [1.82, 2.24) is 14.7 Å². The normalized spacial score (nSPS) is 20.6. The molecule has 0 saturated carbocycles. The fraction of sp³-hybridized carbons (Fsp3) is 0.333. The lowest BCUT2D eigenvalue weighted by atomic mass is 9.98. The molecule has 1 amide bonds. The zero-order chi connectivity index (χ0) is 16.6. The van der Waals surface area contributed by atoms with Crippen molar-refractivity contribution in [2.45, 2.75) is 18.9 Å². The van der Waals surface area contributed by atoms with E-state index in [1.54, 1.807) is 12.1 Å². The van der Waals surface area contributed by atoms with Gasteiger partial charge in [-0.1, -0.05) is 0 Å². The summed E-state index contributed by atoms with van der Waals surface area (Å²) in [5.41, 5.74) is -0.910. The first-order chi connectivity index (χ1) is 10.9. The van der Waals surface area contributed by atoms with Crippen LogP contribution < -0.4 is 10.9 Å². The molecule has 2 N–H and O–H groups in total. The highest BCUT2D eigenvalue weighted by Crippen LogP contribution is 2.19. The fourth-order valence-corrected chi connectivity index (χ4v) is 2.50. The Kier molecular flexibility index (Phi) is 3.61. The summed E-state index contributed by atoms with van der Waals surface area (Å²) in [7, 11) is 0. The van der Waals surface area contributed by atoms with Crippen LogP contribution in [0.1, 0.15) is 22.3 Å². The highest BCUT2D eigenvalue weighted by molar-refractivity contribution is 5.97. The Hall–Kier alpha value is -2.74. The lowest BCUT2D eigenvalue weighted by molar-refractivity contribution is -0.144. The molecule has 8 heteroatoms. The van der Waals surface area contributed by atoms with E-state index in [-0.39, 0.29) is 25.2 Å². The standard InChI is InChI=1S/C15H15N3O5/c1-9-2-4-18-11(6-9)16-7-10(13(18)20)12(19)17-15(14(21)22)3-5-23-8-15/h2,4,6-7H,3,5,8H2,1H3,(H,17,19)(H,21,22). The molecule has 3 rings (SSSR count). The molecule has 0 aliphatic carbocycles. The van der Waals surface area contributed by atoms with Crippen LogP contribution in [-0.4, -0.2) is 45.1 Å². The van der Waals surface area contributed by atoms with Crippen molar-refractivity contribution >= 4 is 17.5 Å². The molecule has 1 saturated heterocycles. The summed E-state index contributed by atoms with van der Waals surface area (Å²) in [6.07, 6.45) is 2.84. The maximum Gasteiger partial charge on any atom is 0.331 e. The SMILES string of the molecule is Cc1ccn2c(=O)c(C(=O)NC3(C(=O)O)CCOC3)cnc2c1. The van der Waals surface area contributed by atoms with Gasteiger partial charge in [-0.25, -0.2) is 9.78 Å². The van der Waals surface area contributed by atoms with E-state index in [1.165, 1.54) is 10.6 Å². The van der Waals surface area contributed by atoms with Crippen LogP contribution in [0.25, 0.3) is 5.65 Å². The Bertz CT molecular complexity index is 852. The van der Waals surface area contributed by atoms with Gasteiger partial charge >= 0.3 is 5.97 Å². The number of carbonyl (C=O) groups is 2. The zero-order valence-electron chi connectivity index (χ0n) is 12.4. The third-order valence-corrected chi connectivity index (χ3v) is 3.89. The number of nitrogens with zero attached hydrogens (tertiary/aromatic N) is 2. The van der Waals surface area contributed by atoms with Crippen molar-refractivity contribution in [2.75, 3.05) is 13.2 Å². The molecule has 0 radical (unpaired) electrons. The maximum atomic E-state index is 12.4. The maximum absolute atomic E-state index is 12.4. The molecular weight excluding hydrogens is 302 g/mol. The summed E-state index contributed by atoms with van der Waals surface area (Å²) >= 11 is 0. The summed E-state index contributed by atoms with van der Waals surface area (Å²) in [6, 6.07) is 3.44. The second-order valence-electron chi connectivity index (χ2n) is 5.55. The Balaban J connectivity index is 1.98. The number of pyridine rings is 1. The number of aryl methyl sites for hydroxylation is 1. The number of aliphatic carboxylic acids is 1. The Morgan fingerprint density at radius 3 is 2.91 bits per heavy atom. The number of ether oxygens (including phenoxy) is 1. The van der Waals surface area contributed by atoms with Crippen molar-refractivity contribution in [3.63, 3.8) is 0 Å². The van der Waals surface area contributed by atoms with Gasteiger partial charge in [0.1, 0.15) is 11.2 Å². The molecule has 2 aromatic rings. The van der Waals surface area contributed by atoms with E-state index >= 15 is 0 Å². The number of rotatable bonds is 3. The third kappa shape index (κ3) is 2.57. The largest absolute Gasteiger partial charge is 0.479 e. The van der Waals surface area contributed by atoms with Crippen molar-refractivity contribution in [1.29, 1.82) is 0 Å². The number of amides is 1. The molecule has 1 fully saturated rings. The van der Waals surface area contributed by atoms with Gasteiger partial charge in [0.15, 0.2) is 5.54 Å². The molecule has 120 valence electrons. The second-order valence-corrected chi connectivity index (χ2v) is 5.55. The molecule has 8 nitrogen and oxygen atoms in total. The number of carboxylic acids is 1. The molecule has 0 spiro atoms. The van der Waals surface area contributed by atoms with Crippen LogP contribution in [0.4, 0.5) is 0 Å². The number of fused-ring (bicyclic) bond motifs is 1. The van der Waals surface area contributed by atoms with E-state index in [0.717, 1.165) is 11.8 Å². The van der Waals surface area contributed by atoms with E-state index in [1.807, 2.05) is 6.92 Å². The quantitative estimate of drug-likeness (QED) is 0.823. The molecule has 0 aromatic carbocycles. The first-order valence-corrected chi connectivity index (χ1v) is 7.05. The molecule has 3 heterocycles. The van der Waals surface area contributed by atoms with E-state index in [9.17, 15) is 19.5 Å². The van der Waals surface area contributed by atoms with E-state index in [2.05, 4.69) is 10.3 Å². The van der Waals surface area contributed by atoms with Crippen LogP contribution in [0.3, 0.4) is 0 Å². The number of hydrogen-bond acceptors (Lipinski definition) is 5. The highest BCUT2D eigenvalue weighted by atomic mass is 16.5. The van der Waals surface area contributed by atoms with E-state index in [4.69, 9.17) is 4.74 Å². The number of hydrogen-bond donors (Lipinski definition) is 2. The minimum atomic E-state index is -1.50. The van der Waals surface area contributed by atoms with Crippen molar-refractivity contribution in [2.24, 2.45) is 0 Å². The van der Waals surface area contributed by atoms with E-state index < -0.39 is 23.0 Å². The third-order valence-electron chi connectivity index (χ3n) is 3.89. The first-order valence-electron chi connectivity index (χ1n) is 7.05. The molecule has 0 bridgehead atoms. The number of aromatic nitrogens is 2. The van der Waals surface area contributed by atoms with Gasteiger partial charge in [-0.3, -0.25) is 14.0 Å². The van der Waals surface area contributed by atoms with Gasteiger partial charge in [0.25, 0.3) is 11.5 Å². The predicted molar refractivity (Wildman–Crippen MR) is 79.5 cm³/mol. The fourth-order valence-electron chi connectivity index (χ4n) is 2.50. The molecule has 1 unspecified atom stereocenters. The smallest absolute Gasteiger partial charge is 0.331 e. The molecular formula is C15H15N3O5. The Morgan fingerprint density at radius 2 is 2.26 bits per heavy atom. The molecule has 1 aliphatic heterocycles. The molecule has 1 atom stereocenters.